The monoisotopic (exact) mass is 215 g/mol. The molecule has 3 unspecified atom stereocenters. The predicted molar refractivity (Wildman–Crippen MR) is 67.1 cm³/mol. The summed E-state index contributed by atoms with van der Waals surface area (Å²) in [5.74, 6) is 0. The van der Waals surface area contributed by atoms with E-state index in [0.717, 1.165) is 17.3 Å². The molecule has 0 heterocycles. The van der Waals surface area contributed by atoms with Crippen molar-refractivity contribution in [2.75, 3.05) is 6.26 Å². The van der Waals surface area contributed by atoms with Gasteiger partial charge < -0.3 is 5.32 Å². The average molecular weight is 215 g/mol. The summed E-state index contributed by atoms with van der Waals surface area (Å²) in [5, 5.41) is 4.69. The molecule has 1 rings (SSSR count). The molecule has 1 fully saturated rings. The fraction of sp³-hybridized carbons (Fsp3) is 1.00. The van der Waals surface area contributed by atoms with Gasteiger partial charge in [0.2, 0.25) is 0 Å². The van der Waals surface area contributed by atoms with Crippen molar-refractivity contribution in [2.24, 2.45) is 0 Å². The molecule has 0 aliphatic heterocycles. The van der Waals surface area contributed by atoms with E-state index in [0.29, 0.717) is 0 Å². The first-order chi connectivity index (χ1) is 6.76. The van der Waals surface area contributed by atoms with Crippen molar-refractivity contribution in [3.8, 4) is 0 Å². The maximum absolute atomic E-state index is 3.76. The molecule has 1 saturated carbocycles. The van der Waals surface area contributed by atoms with Gasteiger partial charge in [0.1, 0.15) is 0 Å². The van der Waals surface area contributed by atoms with Crippen LogP contribution < -0.4 is 5.32 Å². The smallest absolute Gasteiger partial charge is 0.00804 e. The molecule has 0 amide bonds. The third-order valence-corrected chi connectivity index (χ3v) is 4.32. The van der Waals surface area contributed by atoms with Crippen molar-refractivity contribution in [1.29, 1.82) is 0 Å². The van der Waals surface area contributed by atoms with Crippen molar-refractivity contribution in [3.63, 3.8) is 0 Å². The molecule has 1 N–H and O–H groups in total. The van der Waals surface area contributed by atoms with Crippen LogP contribution >= 0.6 is 11.8 Å². The topological polar surface area (TPSA) is 12.0 Å². The van der Waals surface area contributed by atoms with Gasteiger partial charge >= 0.3 is 0 Å². The van der Waals surface area contributed by atoms with E-state index in [1.165, 1.54) is 38.5 Å². The number of hydrogen-bond donors (Lipinski definition) is 1. The lowest BCUT2D eigenvalue weighted by Crippen LogP contribution is -2.34. The summed E-state index contributed by atoms with van der Waals surface area (Å²) in [4.78, 5) is 0. The van der Waals surface area contributed by atoms with Gasteiger partial charge in [-0.1, -0.05) is 19.8 Å². The summed E-state index contributed by atoms with van der Waals surface area (Å²) in [6.07, 6.45) is 10.5. The summed E-state index contributed by atoms with van der Waals surface area (Å²) in [7, 11) is 0. The maximum Gasteiger partial charge on any atom is 0.00804 e. The summed E-state index contributed by atoms with van der Waals surface area (Å²) < 4.78 is 0. The highest BCUT2D eigenvalue weighted by atomic mass is 32.2. The van der Waals surface area contributed by atoms with E-state index in [1.54, 1.807) is 0 Å². The van der Waals surface area contributed by atoms with Crippen molar-refractivity contribution in [2.45, 2.75) is 69.7 Å². The first kappa shape index (κ1) is 12.4. The second kappa shape index (κ2) is 6.73. The van der Waals surface area contributed by atoms with E-state index in [9.17, 15) is 0 Å². The van der Waals surface area contributed by atoms with Crippen LogP contribution in [-0.2, 0) is 0 Å². The van der Waals surface area contributed by atoms with E-state index in [1.807, 2.05) is 11.8 Å². The fourth-order valence-electron chi connectivity index (χ4n) is 2.30. The Morgan fingerprint density at radius 1 is 1.43 bits per heavy atom. The van der Waals surface area contributed by atoms with Gasteiger partial charge in [-0.05, 0) is 38.9 Å². The van der Waals surface area contributed by atoms with E-state index in [4.69, 9.17) is 0 Å². The average Bonchev–Trinajstić information content (AvgIpc) is 2.62. The van der Waals surface area contributed by atoms with Crippen molar-refractivity contribution < 1.29 is 0 Å². The Balaban J connectivity index is 2.12. The van der Waals surface area contributed by atoms with Crippen LogP contribution in [0.1, 0.15) is 52.4 Å². The number of rotatable bonds is 6. The Morgan fingerprint density at radius 2 is 2.21 bits per heavy atom. The third kappa shape index (κ3) is 4.22. The number of thioether (sulfide) groups is 1. The molecule has 3 atom stereocenters. The molecule has 1 aliphatic carbocycles. The standard InChI is InChI=1S/C12H25NS/c1-4-5-6-10(2)13-11-7-8-12(9-11)14-3/h10-13H,4-9H2,1-3H3. The van der Waals surface area contributed by atoms with Crippen molar-refractivity contribution in [1.82, 2.24) is 5.32 Å². The van der Waals surface area contributed by atoms with Gasteiger partial charge in [0.15, 0.2) is 0 Å². The van der Waals surface area contributed by atoms with Crippen LogP contribution in [-0.4, -0.2) is 23.6 Å². The molecule has 0 radical (unpaired) electrons. The van der Waals surface area contributed by atoms with Gasteiger partial charge in [-0.2, -0.15) is 11.8 Å². The van der Waals surface area contributed by atoms with Crippen LogP contribution in [0.4, 0.5) is 0 Å². The molecule has 0 saturated heterocycles. The third-order valence-electron chi connectivity index (χ3n) is 3.23. The Kier molecular flexibility index (Phi) is 5.95. The van der Waals surface area contributed by atoms with E-state index in [2.05, 4.69) is 25.4 Å². The SMILES string of the molecule is CCCCC(C)NC1CCC(SC)C1. The highest BCUT2D eigenvalue weighted by Gasteiger charge is 2.24. The normalized spacial score (nSPS) is 29.4. The molecule has 1 nitrogen and oxygen atoms in total. The van der Waals surface area contributed by atoms with Crippen LogP contribution in [0.5, 0.6) is 0 Å². The van der Waals surface area contributed by atoms with Gasteiger partial charge in [0.25, 0.3) is 0 Å². The number of hydrogen-bond acceptors (Lipinski definition) is 2. The van der Waals surface area contributed by atoms with Gasteiger partial charge in [-0.25, -0.2) is 0 Å². The molecule has 1 aliphatic rings. The Labute approximate surface area is 93.4 Å². The zero-order valence-electron chi connectivity index (χ0n) is 9.88. The first-order valence-electron chi connectivity index (χ1n) is 6.05. The molecule has 0 spiro atoms. The van der Waals surface area contributed by atoms with Crippen LogP contribution in [0.15, 0.2) is 0 Å². The molecule has 84 valence electrons. The Bertz CT molecular complexity index is 149. The minimum Gasteiger partial charge on any atom is -0.311 e. The summed E-state index contributed by atoms with van der Waals surface area (Å²) in [5.41, 5.74) is 0. The highest BCUT2D eigenvalue weighted by molar-refractivity contribution is 7.99. The highest BCUT2D eigenvalue weighted by Crippen LogP contribution is 2.28. The molecule has 0 aromatic rings. The Morgan fingerprint density at radius 3 is 2.79 bits per heavy atom. The minimum atomic E-state index is 0.723. The van der Waals surface area contributed by atoms with Crippen LogP contribution in [0.25, 0.3) is 0 Å². The lowest BCUT2D eigenvalue weighted by Gasteiger charge is -2.19. The minimum absolute atomic E-state index is 0.723. The van der Waals surface area contributed by atoms with Crippen molar-refractivity contribution in [3.05, 3.63) is 0 Å². The number of nitrogens with one attached hydrogen (secondary N) is 1. The van der Waals surface area contributed by atoms with Gasteiger partial charge in [-0.3, -0.25) is 0 Å². The maximum atomic E-state index is 3.76. The molecular weight excluding hydrogens is 190 g/mol. The van der Waals surface area contributed by atoms with Gasteiger partial charge in [0.05, 0.1) is 0 Å². The molecule has 2 heteroatoms. The second-order valence-electron chi connectivity index (χ2n) is 4.58. The first-order valence-corrected chi connectivity index (χ1v) is 7.33. The van der Waals surface area contributed by atoms with Crippen LogP contribution in [0.3, 0.4) is 0 Å². The largest absolute Gasteiger partial charge is 0.311 e. The molecule has 0 aromatic heterocycles. The summed E-state index contributed by atoms with van der Waals surface area (Å²) in [6, 6.07) is 1.53. The van der Waals surface area contributed by atoms with E-state index in [-0.39, 0.29) is 0 Å². The molecule has 0 aromatic carbocycles. The van der Waals surface area contributed by atoms with Gasteiger partial charge in [0, 0.05) is 17.3 Å². The molecule has 14 heavy (non-hydrogen) atoms. The fourth-order valence-corrected chi connectivity index (χ4v) is 3.10. The second-order valence-corrected chi connectivity index (χ2v) is 5.72. The zero-order valence-corrected chi connectivity index (χ0v) is 10.7. The molecular formula is C12H25NS. The quantitative estimate of drug-likeness (QED) is 0.728. The van der Waals surface area contributed by atoms with E-state index < -0.39 is 0 Å². The number of unbranched alkanes of at least 4 members (excludes halogenated alkanes) is 1. The lowest BCUT2D eigenvalue weighted by molar-refractivity contribution is 0.423. The lowest BCUT2D eigenvalue weighted by atomic mass is 10.1. The summed E-state index contributed by atoms with van der Waals surface area (Å²) in [6.45, 7) is 4.61. The summed E-state index contributed by atoms with van der Waals surface area (Å²) >= 11 is 2.04. The van der Waals surface area contributed by atoms with Gasteiger partial charge in [-0.15, -0.1) is 0 Å². The molecule has 0 bridgehead atoms. The van der Waals surface area contributed by atoms with Crippen LogP contribution in [0.2, 0.25) is 0 Å². The predicted octanol–water partition coefficient (Wildman–Crippen LogP) is 3.44. The van der Waals surface area contributed by atoms with E-state index >= 15 is 0 Å². The van der Waals surface area contributed by atoms with Crippen molar-refractivity contribution >= 4 is 11.8 Å². The van der Waals surface area contributed by atoms with Crippen LogP contribution in [0, 0.1) is 0 Å². The zero-order chi connectivity index (χ0) is 10.4. The Hall–Kier alpha value is 0.310.